The van der Waals surface area contributed by atoms with Crippen molar-refractivity contribution >= 4 is 29.2 Å². The largest absolute Gasteiger partial charge is 0.469 e. The van der Waals surface area contributed by atoms with Crippen molar-refractivity contribution in [2.75, 3.05) is 7.11 Å². The van der Waals surface area contributed by atoms with Crippen LogP contribution < -0.4 is 0 Å². The molecular formula is C5H6Cl2O2. The fraction of sp³-hybridized carbons (Fsp3) is 0.400. The Bertz CT molecular complexity index is 127. The van der Waals surface area contributed by atoms with Crippen LogP contribution in [0.4, 0.5) is 0 Å². The van der Waals surface area contributed by atoms with Crippen LogP contribution in [0.15, 0.2) is 10.6 Å². The molecule has 2 nitrogen and oxygen atoms in total. The summed E-state index contributed by atoms with van der Waals surface area (Å²) in [5, 5.41) is 0. The standard InChI is InChI=1S/C5H6Cl2O2/c1-9-5(8)3-2-4(6)7/h2H,3H2,1H3. The number of rotatable bonds is 2. The lowest BCUT2D eigenvalue weighted by molar-refractivity contribution is -0.139. The molecule has 0 rings (SSSR count). The van der Waals surface area contributed by atoms with Gasteiger partial charge in [-0.2, -0.15) is 0 Å². The van der Waals surface area contributed by atoms with Crippen LogP contribution in [-0.2, 0) is 9.53 Å². The zero-order valence-corrected chi connectivity index (χ0v) is 6.37. The van der Waals surface area contributed by atoms with E-state index in [1.165, 1.54) is 13.2 Å². The van der Waals surface area contributed by atoms with Crippen molar-refractivity contribution in [3.8, 4) is 0 Å². The van der Waals surface area contributed by atoms with Crippen molar-refractivity contribution in [1.29, 1.82) is 0 Å². The molecule has 0 saturated carbocycles. The van der Waals surface area contributed by atoms with Crippen molar-refractivity contribution < 1.29 is 9.53 Å². The summed E-state index contributed by atoms with van der Waals surface area (Å²) in [6, 6.07) is 0. The minimum atomic E-state index is -0.353. The van der Waals surface area contributed by atoms with Crippen LogP contribution >= 0.6 is 23.2 Å². The molecule has 0 spiro atoms. The first-order valence-electron chi connectivity index (χ1n) is 2.24. The highest BCUT2D eigenvalue weighted by Gasteiger charge is 1.94. The number of esters is 1. The quantitative estimate of drug-likeness (QED) is 0.589. The average Bonchev–Trinajstić information content (AvgIpc) is 1.83. The van der Waals surface area contributed by atoms with Gasteiger partial charge in [-0.05, 0) is 6.08 Å². The molecule has 0 aromatic rings. The highest BCUT2D eigenvalue weighted by Crippen LogP contribution is 2.07. The topological polar surface area (TPSA) is 26.3 Å². The summed E-state index contributed by atoms with van der Waals surface area (Å²) in [5.41, 5.74) is 0. The summed E-state index contributed by atoms with van der Waals surface area (Å²) < 4.78 is 4.38. The first-order valence-corrected chi connectivity index (χ1v) is 3.00. The average molecular weight is 169 g/mol. The predicted molar refractivity (Wildman–Crippen MR) is 36.4 cm³/mol. The van der Waals surface area contributed by atoms with Gasteiger partial charge in [0.1, 0.15) is 4.49 Å². The maximum Gasteiger partial charge on any atom is 0.309 e. The summed E-state index contributed by atoms with van der Waals surface area (Å²) in [7, 11) is 1.30. The number of hydrogen-bond acceptors (Lipinski definition) is 2. The van der Waals surface area contributed by atoms with Crippen LogP contribution in [-0.4, -0.2) is 13.1 Å². The molecule has 0 N–H and O–H groups in total. The first-order chi connectivity index (χ1) is 4.16. The predicted octanol–water partition coefficient (Wildman–Crippen LogP) is 1.87. The Morgan fingerprint density at radius 1 is 1.67 bits per heavy atom. The number of carbonyl (C=O) groups excluding carboxylic acids is 1. The molecule has 0 atom stereocenters. The minimum absolute atomic E-state index is 0.0837. The summed E-state index contributed by atoms with van der Waals surface area (Å²) in [6.45, 7) is 0. The van der Waals surface area contributed by atoms with Gasteiger partial charge in [0.15, 0.2) is 0 Å². The van der Waals surface area contributed by atoms with E-state index in [0.717, 1.165) is 0 Å². The van der Waals surface area contributed by atoms with Crippen LogP contribution in [0.25, 0.3) is 0 Å². The van der Waals surface area contributed by atoms with Gasteiger partial charge in [0.25, 0.3) is 0 Å². The molecule has 0 fully saturated rings. The molecule has 52 valence electrons. The zero-order chi connectivity index (χ0) is 7.28. The van der Waals surface area contributed by atoms with Crippen molar-refractivity contribution in [2.45, 2.75) is 6.42 Å². The third-order valence-electron chi connectivity index (χ3n) is 0.651. The van der Waals surface area contributed by atoms with Gasteiger partial charge in [-0.15, -0.1) is 0 Å². The van der Waals surface area contributed by atoms with Gasteiger partial charge in [-0.25, -0.2) is 0 Å². The van der Waals surface area contributed by atoms with Crippen LogP contribution in [0.5, 0.6) is 0 Å². The van der Waals surface area contributed by atoms with Crippen molar-refractivity contribution in [2.24, 2.45) is 0 Å². The lowest BCUT2D eigenvalue weighted by Crippen LogP contribution is -1.96. The van der Waals surface area contributed by atoms with E-state index in [1.54, 1.807) is 0 Å². The molecule has 0 aliphatic rings. The normalized spacial score (nSPS) is 8.33. The molecule has 0 aromatic heterocycles. The van der Waals surface area contributed by atoms with Crippen LogP contribution in [0.3, 0.4) is 0 Å². The molecule has 4 heteroatoms. The Morgan fingerprint density at radius 3 is 2.56 bits per heavy atom. The van der Waals surface area contributed by atoms with Gasteiger partial charge in [-0.3, -0.25) is 4.79 Å². The van der Waals surface area contributed by atoms with E-state index in [-0.39, 0.29) is 16.9 Å². The van der Waals surface area contributed by atoms with Crippen molar-refractivity contribution in [1.82, 2.24) is 0 Å². The molecule has 0 aromatic carbocycles. The van der Waals surface area contributed by atoms with E-state index in [2.05, 4.69) is 4.74 Å². The fourth-order valence-corrected chi connectivity index (χ4v) is 0.398. The van der Waals surface area contributed by atoms with Gasteiger partial charge >= 0.3 is 5.97 Å². The Balaban J connectivity index is 3.50. The van der Waals surface area contributed by atoms with E-state index in [1.807, 2.05) is 0 Å². The van der Waals surface area contributed by atoms with Gasteiger partial charge in [0.2, 0.25) is 0 Å². The van der Waals surface area contributed by atoms with Crippen LogP contribution in [0.2, 0.25) is 0 Å². The summed E-state index contributed by atoms with van der Waals surface area (Å²) in [6.07, 6.45) is 1.49. The minimum Gasteiger partial charge on any atom is -0.469 e. The lowest BCUT2D eigenvalue weighted by Gasteiger charge is -1.90. The second kappa shape index (κ2) is 4.65. The van der Waals surface area contributed by atoms with Crippen LogP contribution in [0, 0.1) is 0 Å². The van der Waals surface area contributed by atoms with Gasteiger partial charge in [-0.1, -0.05) is 23.2 Å². The highest BCUT2D eigenvalue weighted by molar-refractivity contribution is 6.55. The molecule has 0 unspecified atom stereocenters. The first kappa shape index (κ1) is 8.79. The molecule has 0 aliphatic carbocycles. The maximum atomic E-state index is 10.3. The summed E-state index contributed by atoms with van der Waals surface area (Å²) in [5.74, 6) is -0.353. The lowest BCUT2D eigenvalue weighted by atomic mass is 10.4. The Kier molecular flexibility index (Phi) is 4.54. The van der Waals surface area contributed by atoms with Gasteiger partial charge < -0.3 is 4.74 Å². The van der Waals surface area contributed by atoms with E-state index in [9.17, 15) is 4.79 Å². The molecule has 9 heavy (non-hydrogen) atoms. The Hall–Kier alpha value is -0.210. The second-order valence-electron chi connectivity index (χ2n) is 1.27. The van der Waals surface area contributed by atoms with Crippen LogP contribution in [0.1, 0.15) is 6.42 Å². The number of hydrogen-bond donors (Lipinski definition) is 0. The molecule has 0 amide bonds. The molecule has 0 bridgehead atoms. The van der Waals surface area contributed by atoms with Crippen molar-refractivity contribution in [3.63, 3.8) is 0 Å². The Morgan fingerprint density at radius 2 is 2.22 bits per heavy atom. The third kappa shape index (κ3) is 5.66. The van der Waals surface area contributed by atoms with Crippen molar-refractivity contribution in [3.05, 3.63) is 10.6 Å². The van der Waals surface area contributed by atoms with E-state index in [0.29, 0.717) is 0 Å². The smallest absolute Gasteiger partial charge is 0.309 e. The summed E-state index contributed by atoms with van der Waals surface area (Å²) >= 11 is 10.4. The monoisotopic (exact) mass is 168 g/mol. The van der Waals surface area contributed by atoms with E-state index >= 15 is 0 Å². The molecular weight excluding hydrogens is 163 g/mol. The van der Waals surface area contributed by atoms with E-state index in [4.69, 9.17) is 23.2 Å². The molecule has 0 aliphatic heterocycles. The number of carbonyl (C=O) groups is 1. The molecule has 0 radical (unpaired) electrons. The molecule has 0 saturated heterocycles. The van der Waals surface area contributed by atoms with E-state index < -0.39 is 0 Å². The second-order valence-corrected chi connectivity index (χ2v) is 2.28. The summed E-state index contributed by atoms with van der Waals surface area (Å²) in [4.78, 5) is 10.3. The highest BCUT2D eigenvalue weighted by atomic mass is 35.5. The number of methoxy groups -OCH3 is 1. The number of halogens is 2. The van der Waals surface area contributed by atoms with Gasteiger partial charge in [0.05, 0.1) is 13.5 Å². The third-order valence-corrected chi connectivity index (χ3v) is 0.959. The zero-order valence-electron chi connectivity index (χ0n) is 4.86. The Labute approximate surface area is 63.4 Å². The number of ether oxygens (including phenoxy) is 1. The maximum absolute atomic E-state index is 10.3. The molecule has 0 heterocycles. The SMILES string of the molecule is COC(=O)CC=C(Cl)Cl. The van der Waals surface area contributed by atoms with Gasteiger partial charge in [0, 0.05) is 0 Å². The fourth-order valence-electron chi connectivity index (χ4n) is 0.244.